The molecule has 1 aliphatic carbocycles. The number of hydrogen-bond donors (Lipinski definition) is 2. The molecule has 1 amide bonds. The number of nitrogens with zero attached hydrogens (tertiary/aromatic N) is 1. The molecular formula is C24H22F3N3O2. The number of pyridine rings is 1. The Kier molecular flexibility index (Phi) is 5.62. The number of dihydropyridines is 1. The number of carbonyl (C=O) groups is 2. The quantitative estimate of drug-likeness (QED) is 0.702. The van der Waals surface area contributed by atoms with E-state index in [0.29, 0.717) is 29.9 Å². The van der Waals surface area contributed by atoms with E-state index in [1.807, 2.05) is 0 Å². The number of benzene rings is 1. The molecule has 8 heteroatoms. The number of allylic oxidation sites excluding steroid dienone is 3. The molecule has 2 aromatic rings. The first kappa shape index (κ1) is 21.8. The van der Waals surface area contributed by atoms with E-state index in [4.69, 9.17) is 0 Å². The zero-order valence-corrected chi connectivity index (χ0v) is 17.6. The first-order chi connectivity index (χ1) is 15.2. The molecule has 2 N–H and O–H groups in total. The van der Waals surface area contributed by atoms with Crippen LogP contribution in [-0.2, 0) is 15.8 Å². The van der Waals surface area contributed by atoms with Crippen molar-refractivity contribution in [3.63, 3.8) is 0 Å². The normalized spacial score (nSPS) is 18.9. The van der Waals surface area contributed by atoms with Crippen molar-refractivity contribution in [3.8, 4) is 0 Å². The molecule has 0 bridgehead atoms. The zero-order chi connectivity index (χ0) is 23.0. The van der Waals surface area contributed by atoms with Gasteiger partial charge < -0.3 is 10.6 Å². The molecule has 32 heavy (non-hydrogen) atoms. The van der Waals surface area contributed by atoms with Gasteiger partial charge >= 0.3 is 6.18 Å². The third-order valence-electron chi connectivity index (χ3n) is 5.73. The van der Waals surface area contributed by atoms with Gasteiger partial charge in [0.05, 0.1) is 5.56 Å². The van der Waals surface area contributed by atoms with Gasteiger partial charge in [0.1, 0.15) is 5.82 Å². The number of ketones is 1. The molecular weight excluding hydrogens is 419 g/mol. The molecule has 0 saturated heterocycles. The second-order valence-corrected chi connectivity index (χ2v) is 7.97. The summed E-state index contributed by atoms with van der Waals surface area (Å²) in [7, 11) is 0. The van der Waals surface area contributed by atoms with Crippen molar-refractivity contribution >= 4 is 17.5 Å². The third-order valence-corrected chi connectivity index (χ3v) is 5.73. The maximum atomic E-state index is 13.9. The average Bonchev–Trinajstić information content (AvgIpc) is 2.72. The summed E-state index contributed by atoms with van der Waals surface area (Å²) in [6.07, 6.45) is -3.25. The van der Waals surface area contributed by atoms with E-state index in [0.717, 1.165) is 6.07 Å². The van der Waals surface area contributed by atoms with Crippen molar-refractivity contribution in [3.05, 3.63) is 81.8 Å². The lowest BCUT2D eigenvalue weighted by molar-refractivity contribution is -0.138. The van der Waals surface area contributed by atoms with Gasteiger partial charge in [-0.05, 0) is 50.5 Å². The van der Waals surface area contributed by atoms with Crippen LogP contribution in [0.5, 0.6) is 0 Å². The minimum absolute atomic E-state index is 0.0824. The maximum Gasteiger partial charge on any atom is 0.416 e. The fraction of sp³-hybridized carbons (Fsp3) is 0.292. The summed E-state index contributed by atoms with van der Waals surface area (Å²) in [5.41, 5.74) is 1.05. The van der Waals surface area contributed by atoms with Crippen LogP contribution in [0.4, 0.5) is 19.0 Å². The van der Waals surface area contributed by atoms with E-state index in [2.05, 4.69) is 15.6 Å². The van der Waals surface area contributed by atoms with E-state index in [1.54, 1.807) is 32.0 Å². The minimum atomic E-state index is -4.63. The molecule has 2 heterocycles. The monoisotopic (exact) mass is 441 g/mol. The first-order valence-electron chi connectivity index (χ1n) is 10.3. The summed E-state index contributed by atoms with van der Waals surface area (Å²) in [5, 5.41) is 5.80. The number of aromatic nitrogens is 1. The van der Waals surface area contributed by atoms with Crippen LogP contribution in [0.25, 0.3) is 0 Å². The summed E-state index contributed by atoms with van der Waals surface area (Å²) in [6, 6.07) is 10.2. The van der Waals surface area contributed by atoms with Crippen LogP contribution in [0.15, 0.2) is 65.0 Å². The van der Waals surface area contributed by atoms with Gasteiger partial charge in [0.25, 0.3) is 5.91 Å². The molecule has 0 saturated carbocycles. The number of amides is 1. The molecule has 1 unspecified atom stereocenters. The van der Waals surface area contributed by atoms with Gasteiger partial charge in [0, 0.05) is 40.6 Å². The van der Waals surface area contributed by atoms with Crippen LogP contribution in [0.3, 0.4) is 0 Å². The summed E-state index contributed by atoms with van der Waals surface area (Å²) < 4.78 is 41.7. The second kappa shape index (κ2) is 8.26. The number of Topliss-reactive ketones (excluding diaryl/α,β-unsaturated/α-hetero) is 1. The van der Waals surface area contributed by atoms with E-state index < -0.39 is 23.6 Å². The van der Waals surface area contributed by atoms with Crippen molar-refractivity contribution in [1.82, 2.24) is 10.3 Å². The maximum absolute atomic E-state index is 13.9. The Bertz CT molecular complexity index is 1170. The number of nitrogens with one attached hydrogen (secondary N) is 2. The third kappa shape index (κ3) is 4.04. The summed E-state index contributed by atoms with van der Waals surface area (Å²) in [6.45, 7) is 3.41. The summed E-state index contributed by atoms with van der Waals surface area (Å²) >= 11 is 0. The van der Waals surface area contributed by atoms with Crippen LogP contribution in [0.2, 0.25) is 0 Å². The zero-order valence-electron chi connectivity index (χ0n) is 17.6. The van der Waals surface area contributed by atoms with Crippen LogP contribution in [0.1, 0.15) is 48.9 Å². The van der Waals surface area contributed by atoms with E-state index in [9.17, 15) is 22.8 Å². The Morgan fingerprint density at radius 3 is 2.56 bits per heavy atom. The highest BCUT2D eigenvalue weighted by atomic mass is 19.4. The van der Waals surface area contributed by atoms with Crippen molar-refractivity contribution in [2.75, 3.05) is 5.32 Å². The van der Waals surface area contributed by atoms with Crippen molar-refractivity contribution in [1.29, 1.82) is 0 Å². The number of halogens is 3. The molecule has 1 aromatic heterocycles. The summed E-state index contributed by atoms with van der Waals surface area (Å²) in [5.74, 6) is -1.68. The average molecular weight is 441 g/mol. The van der Waals surface area contributed by atoms with Gasteiger partial charge in [-0.25, -0.2) is 4.98 Å². The standard InChI is InChI=1S/C24H22F3N3O2/c1-13-7-5-12-19(28-13)30-23(32)20-14(2)29-17-10-6-11-18(31)22(17)21(20)15-8-3-4-9-16(15)24(25,26)27/h3-5,7-9,12,21,29H,6,10-11H2,1-2H3,(H,28,30,32). The first-order valence-corrected chi connectivity index (χ1v) is 10.3. The van der Waals surface area contributed by atoms with Gasteiger partial charge in [-0.3, -0.25) is 9.59 Å². The van der Waals surface area contributed by atoms with Crippen LogP contribution >= 0.6 is 0 Å². The van der Waals surface area contributed by atoms with Crippen molar-refractivity contribution < 1.29 is 22.8 Å². The Morgan fingerprint density at radius 1 is 1.09 bits per heavy atom. The van der Waals surface area contributed by atoms with E-state index >= 15 is 0 Å². The molecule has 1 atom stereocenters. The predicted molar refractivity (Wildman–Crippen MR) is 114 cm³/mol. The smallest absolute Gasteiger partial charge is 0.362 e. The van der Waals surface area contributed by atoms with Gasteiger partial charge in [0.2, 0.25) is 0 Å². The molecule has 1 aliphatic heterocycles. The van der Waals surface area contributed by atoms with Gasteiger partial charge in [-0.15, -0.1) is 0 Å². The van der Waals surface area contributed by atoms with Gasteiger partial charge in [-0.1, -0.05) is 24.3 Å². The van der Waals surface area contributed by atoms with Crippen molar-refractivity contribution in [2.45, 2.75) is 45.2 Å². The molecule has 0 fully saturated rings. The number of hydrogen-bond acceptors (Lipinski definition) is 4. The highest BCUT2D eigenvalue weighted by molar-refractivity contribution is 6.09. The number of alkyl halides is 3. The number of rotatable bonds is 3. The highest BCUT2D eigenvalue weighted by Crippen LogP contribution is 2.46. The number of anilines is 1. The predicted octanol–water partition coefficient (Wildman–Crippen LogP) is 5.02. The van der Waals surface area contributed by atoms with Gasteiger partial charge in [0.15, 0.2) is 5.78 Å². The molecule has 0 radical (unpaired) electrons. The SMILES string of the molecule is CC1=C(C(=O)Nc2cccc(C)n2)C(c2ccccc2C(F)(F)F)C2=C(CCCC2=O)N1. The largest absolute Gasteiger partial charge is 0.416 e. The fourth-order valence-electron chi connectivity index (χ4n) is 4.40. The van der Waals surface area contributed by atoms with Crippen LogP contribution in [-0.4, -0.2) is 16.7 Å². The van der Waals surface area contributed by atoms with Crippen LogP contribution < -0.4 is 10.6 Å². The summed E-state index contributed by atoms with van der Waals surface area (Å²) in [4.78, 5) is 30.5. The lowest BCUT2D eigenvalue weighted by atomic mass is 9.73. The Hall–Kier alpha value is -3.42. The van der Waals surface area contributed by atoms with Gasteiger partial charge in [-0.2, -0.15) is 13.2 Å². The molecule has 0 spiro atoms. The van der Waals surface area contributed by atoms with E-state index in [1.165, 1.54) is 18.2 Å². The number of carbonyl (C=O) groups excluding carboxylic acids is 2. The fourth-order valence-corrected chi connectivity index (χ4v) is 4.40. The Balaban J connectivity index is 1.87. The Morgan fingerprint density at radius 2 is 1.84 bits per heavy atom. The minimum Gasteiger partial charge on any atom is -0.362 e. The highest BCUT2D eigenvalue weighted by Gasteiger charge is 2.43. The molecule has 2 aliphatic rings. The topological polar surface area (TPSA) is 71.1 Å². The molecule has 5 nitrogen and oxygen atoms in total. The molecule has 166 valence electrons. The lowest BCUT2D eigenvalue weighted by Gasteiger charge is -2.35. The lowest BCUT2D eigenvalue weighted by Crippen LogP contribution is -2.36. The second-order valence-electron chi connectivity index (χ2n) is 7.97. The molecule has 4 rings (SSSR count). The van der Waals surface area contributed by atoms with E-state index in [-0.39, 0.29) is 34.7 Å². The van der Waals surface area contributed by atoms with Crippen molar-refractivity contribution in [2.24, 2.45) is 0 Å². The molecule has 1 aromatic carbocycles. The van der Waals surface area contributed by atoms with Crippen LogP contribution in [0, 0.1) is 6.92 Å². The Labute approximate surface area is 183 Å². The number of aryl methyl sites for hydroxylation is 1.